The Morgan fingerprint density at radius 2 is 1.96 bits per heavy atom. The van der Waals surface area contributed by atoms with Gasteiger partial charge in [-0.15, -0.1) is 0 Å². The van der Waals surface area contributed by atoms with E-state index in [-0.39, 0.29) is 12.2 Å². The van der Waals surface area contributed by atoms with Crippen molar-refractivity contribution in [2.75, 3.05) is 13.7 Å². The lowest BCUT2D eigenvalue weighted by Gasteiger charge is -2.05. The van der Waals surface area contributed by atoms with Gasteiger partial charge in [-0.2, -0.15) is 0 Å². The second-order valence-electron chi connectivity index (χ2n) is 4.86. The number of benzene rings is 2. The third-order valence-electron chi connectivity index (χ3n) is 3.14. The number of carbonyl (C=O) groups excluding carboxylic acids is 1. The summed E-state index contributed by atoms with van der Waals surface area (Å²) < 4.78 is 23.8. The summed E-state index contributed by atoms with van der Waals surface area (Å²) in [5, 5.41) is 2.59. The number of rotatable bonds is 5. The molecular weight excluding hydrogens is 309 g/mol. The highest BCUT2D eigenvalue weighted by Gasteiger charge is 2.05. The van der Waals surface area contributed by atoms with Gasteiger partial charge in [0.05, 0.1) is 7.11 Å². The van der Waals surface area contributed by atoms with Crippen molar-refractivity contribution in [1.82, 2.24) is 5.32 Å². The molecule has 0 unspecified atom stereocenters. The van der Waals surface area contributed by atoms with E-state index in [1.165, 1.54) is 13.2 Å². The van der Waals surface area contributed by atoms with Crippen molar-refractivity contribution in [3.05, 3.63) is 65.5 Å². The van der Waals surface area contributed by atoms with Crippen LogP contribution in [0.15, 0.2) is 48.5 Å². The summed E-state index contributed by atoms with van der Waals surface area (Å²) >= 11 is 0. The molecular formula is C19H18FNO3. The van der Waals surface area contributed by atoms with Crippen molar-refractivity contribution >= 4 is 6.09 Å². The zero-order valence-corrected chi connectivity index (χ0v) is 13.3. The number of methoxy groups -OCH3 is 1. The fourth-order valence-electron chi connectivity index (χ4n) is 1.95. The fourth-order valence-corrected chi connectivity index (χ4v) is 1.95. The maximum Gasteiger partial charge on any atom is 0.407 e. The quantitative estimate of drug-likeness (QED) is 0.675. The van der Waals surface area contributed by atoms with Crippen LogP contribution >= 0.6 is 0 Å². The van der Waals surface area contributed by atoms with Crippen LogP contribution in [0.5, 0.6) is 5.75 Å². The summed E-state index contributed by atoms with van der Waals surface area (Å²) in [4.78, 5) is 11.5. The first-order valence-corrected chi connectivity index (χ1v) is 7.46. The molecule has 2 aromatic rings. The monoisotopic (exact) mass is 327 g/mol. The molecule has 0 atom stereocenters. The van der Waals surface area contributed by atoms with Gasteiger partial charge in [0.15, 0.2) is 0 Å². The van der Waals surface area contributed by atoms with Gasteiger partial charge >= 0.3 is 6.09 Å². The lowest BCUT2D eigenvalue weighted by atomic mass is 10.2. The average Bonchev–Trinajstić information content (AvgIpc) is 2.61. The minimum Gasteiger partial charge on any atom is -0.495 e. The minimum absolute atomic E-state index is 0.213. The van der Waals surface area contributed by atoms with Gasteiger partial charge in [-0.3, -0.25) is 0 Å². The summed E-state index contributed by atoms with van der Waals surface area (Å²) in [6.45, 7) is 0.530. The van der Waals surface area contributed by atoms with Crippen LogP contribution in [0.2, 0.25) is 0 Å². The van der Waals surface area contributed by atoms with E-state index in [1.807, 2.05) is 30.3 Å². The Balaban J connectivity index is 1.75. The second-order valence-corrected chi connectivity index (χ2v) is 4.86. The first kappa shape index (κ1) is 17.4. The lowest BCUT2D eigenvalue weighted by molar-refractivity contribution is 0.140. The Morgan fingerprint density at radius 3 is 2.71 bits per heavy atom. The minimum atomic E-state index is -0.510. The third kappa shape index (κ3) is 5.33. The lowest BCUT2D eigenvalue weighted by Crippen LogP contribution is -2.24. The van der Waals surface area contributed by atoms with Crippen molar-refractivity contribution in [2.24, 2.45) is 0 Å². The molecule has 0 radical (unpaired) electrons. The van der Waals surface area contributed by atoms with E-state index >= 15 is 0 Å². The molecule has 1 amide bonds. The van der Waals surface area contributed by atoms with Crippen LogP contribution < -0.4 is 10.1 Å². The number of hydrogen-bond acceptors (Lipinski definition) is 3. The Hall–Kier alpha value is -3.00. The van der Waals surface area contributed by atoms with Crippen LogP contribution in [0.25, 0.3) is 0 Å². The molecule has 0 aliphatic carbocycles. The van der Waals surface area contributed by atoms with E-state index in [0.717, 1.165) is 5.56 Å². The van der Waals surface area contributed by atoms with Crippen LogP contribution in [0.3, 0.4) is 0 Å². The van der Waals surface area contributed by atoms with Crippen molar-refractivity contribution in [1.29, 1.82) is 0 Å². The largest absolute Gasteiger partial charge is 0.495 e. The van der Waals surface area contributed by atoms with Gasteiger partial charge in [-0.25, -0.2) is 9.18 Å². The summed E-state index contributed by atoms with van der Waals surface area (Å²) in [5.74, 6) is 5.48. The average molecular weight is 327 g/mol. The number of nitrogens with one attached hydrogen (secondary N) is 1. The molecule has 0 heterocycles. The molecule has 124 valence electrons. The Kier molecular flexibility index (Phi) is 6.66. The molecule has 24 heavy (non-hydrogen) atoms. The van der Waals surface area contributed by atoms with E-state index < -0.39 is 11.9 Å². The number of amides is 1. The Bertz CT molecular complexity index is 735. The molecule has 1 N–H and O–H groups in total. The Morgan fingerprint density at radius 1 is 1.17 bits per heavy atom. The van der Waals surface area contributed by atoms with E-state index in [9.17, 15) is 9.18 Å². The summed E-state index contributed by atoms with van der Waals surface area (Å²) in [5.41, 5.74) is 1.13. The maximum absolute atomic E-state index is 13.7. The van der Waals surface area contributed by atoms with E-state index in [2.05, 4.69) is 17.2 Å². The molecule has 0 saturated heterocycles. The predicted molar refractivity (Wildman–Crippen MR) is 89.1 cm³/mol. The van der Waals surface area contributed by atoms with Crippen LogP contribution in [0, 0.1) is 17.7 Å². The summed E-state index contributed by atoms with van der Waals surface area (Å²) in [6, 6.07) is 13.9. The molecule has 0 fully saturated rings. The zero-order chi connectivity index (χ0) is 17.2. The molecule has 5 heteroatoms. The molecule has 0 bridgehead atoms. The molecule has 4 nitrogen and oxygen atoms in total. The molecule has 0 spiro atoms. The Labute approximate surface area is 140 Å². The van der Waals surface area contributed by atoms with Crippen molar-refractivity contribution in [2.45, 2.75) is 13.0 Å². The van der Waals surface area contributed by atoms with Crippen LogP contribution in [-0.4, -0.2) is 19.7 Å². The van der Waals surface area contributed by atoms with Gasteiger partial charge in [-0.1, -0.05) is 48.2 Å². The SMILES string of the molecule is COc1cccc(F)c1C#CCCNC(=O)OCc1ccccc1. The van der Waals surface area contributed by atoms with E-state index in [1.54, 1.807) is 12.1 Å². The molecule has 2 aromatic carbocycles. The number of ether oxygens (including phenoxy) is 2. The predicted octanol–water partition coefficient (Wildman–Crippen LogP) is 3.50. The van der Waals surface area contributed by atoms with Crippen molar-refractivity contribution in [3.63, 3.8) is 0 Å². The molecule has 0 aliphatic heterocycles. The van der Waals surface area contributed by atoms with Crippen LogP contribution in [0.1, 0.15) is 17.5 Å². The van der Waals surface area contributed by atoms with Crippen LogP contribution in [-0.2, 0) is 11.3 Å². The highest BCUT2D eigenvalue weighted by molar-refractivity contribution is 5.67. The highest BCUT2D eigenvalue weighted by atomic mass is 19.1. The van der Waals surface area contributed by atoms with E-state index in [4.69, 9.17) is 9.47 Å². The van der Waals surface area contributed by atoms with Crippen molar-refractivity contribution < 1.29 is 18.7 Å². The number of halogens is 1. The van der Waals surface area contributed by atoms with Gasteiger partial charge in [0, 0.05) is 13.0 Å². The molecule has 0 saturated carbocycles. The van der Waals surface area contributed by atoms with Gasteiger partial charge < -0.3 is 14.8 Å². The number of alkyl carbamates (subject to hydrolysis) is 1. The van der Waals surface area contributed by atoms with Gasteiger partial charge in [0.2, 0.25) is 0 Å². The summed E-state index contributed by atoms with van der Waals surface area (Å²) in [6.07, 6.45) is -0.137. The number of hydrogen-bond donors (Lipinski definition) is 1. The third-order valence-corrected chi connectivity index (χ3v) is 3.14. The van der Waals surface area contributed by atoms with Gasteiger partial charge in [0.25, 0.3) is 0 Å². The standard InChI is InChI=1S/C19H18FNO3/c1-23-18-12-7-11-17(20)16(18)10-5-6-13-21-19(22)24-14-15-8-3-2-4-9-15/h2-4,7-9,11-12H,6,13-14H2,1H3,(H,21,22). The zero-order valence-electron chi connectivity index (χ0n) is 13.3. The topological polar surface area (TPSA) is 47.6 Å². The smallest absolute Gasteiger partial charge is 0.407 e. The maximum atomic E-state index is 13.7. The molecule has 0 aromatic heterocycles. The first-order valence-electron chi connectivity index (χ1n) is 7.46. The van der Waals surface area contributed by atoms with Gasteiger partial charge in [-0.05, 0) is 17.7 Å². The van der Waals surface area contributed by atoms with Crippen molar-refractivity contribution in [3.8, 4) is 17.6 Å². The van der Waals surface area contributed by atoms with Crippen LogP contribution in [0.4, 0.5) is 9.18 Å². The highest BCUT2D eigenvalue weighted by Crippen LogP contribution is 2.19. The second kappa shape index (κ2) is 9.21. The normalized spacial score (nSPS) is 9.58. The summed E-state index contributed by atoms with van der Waals surface area (Å²) in [7, 11) is 1.46. The number of carbonyl (C=O) groups is 1. The molecule has 0 aliphatic rings. The van der Waals surface area contributed by atoms with Gasteiger partial charge in [0.1, 0.15) is 23.7 Å². The van der Waals surface area contributed by atoms with E-state index in [0.29, 0.717) is 18.7 Å². The first-order chi connectivity index (χ1) is 11.7. The molecule has 2 rings (SSSR count). The fraction of sp³-hybridized carbons (Fsp3) is 0.211.